The highest BCUT2D eigenvalue weighted by Gasteiger charge is 2.14. The van der Waals surface area contributed by atoms with Gasteiger partial charge in [0.25, 0.3) is 0 Å². The van der Waals surface area contributed by atoms with Crippen molar-refractivity contribution in [2.45, 2.75) is 31.8 Å². The Morgan fingerprint density at radius 2 is 1.86 bits per heavy atom. The van der Waals surface area contributed by atoms with Gasteiger partial charge in [-0.25, -0.2) is 0 Å². The van der Waals surface area contributed by atoms with Crippen LogP contribution in [0.5, 0.6) is 0 Å². The van der Waals surface area contributed by atoms with Crippen molar-refractivity contribution in [3.8, 4) is 0 Å². The van der Waals surface area contributed by atoms with Crippen molar-refractivity contribution < 1.29 is 5.11 Å². The molecule has 2 nitrogen and oxygen atoms in total. The molecule has 0 saturated carbocycles. The van der Waals surface area contributed by atoms with Crippen molar-refractivity contribution in [1.82, 2.24) is 0 Å². The average molecular weight is 281 g/mol. The van der Waals surface area contributed by atoms with Gasteiger partial charge in [0.05, 0.1) is 6.10 Å². The largest absolute Gasteiger partial charge is 0.388 e. The van der Waals surface area contributed by atoms with Crippen LogP contribution in [-0.4, -0.2) is 19.2 Å². The molecule has 0 amide bonds. The third-order valence-corrected chi connectivity index (χ3v) is 4.36. The summed E-state index contributed by atoms with van der Waals surface area (Å²) in [6.07, 6.45) is 3.92. The smallest absolute Gasteiger partial charge is 0.0831 e. The Balaban J connectivity index is 1.77. The minimum absolute atomic E-state index is 0.440. The highest BCUT2D eigenvalue weighted by molar-refractivity contribution is 5.48. The third-order valence-electron chi connectivity index (χ3n) is 4.36. The first-order chi connectivity index (χ1) is 10.1. The van der Waals surface area contributed by atoms with E-state index < -0.39 is 6.10 Å². The normalized spacial score (nSPS) is 14.8. The highest BCUT2D eigenvalue weighted by Crippen LogP contribution is 2.26. The summed E-state index contributed by atoms with van der Waals surface area (Å²) in [5.74, 6) is 0. The summed E-state index contributed by atoms with van der Waals surface area (Å²) in [7, 11) is 4.04. The molecule has 0 fully saturated rings. The third kappa shape index (κ3) is 3.11. The molecule has 3 rings (SSSR count). The van der Waals surface area contributed by atoms with Crippen molar-refractivity contribution in [2.24, 2.45) is 0 Å². The zero-order valence-electron chi connectivity index (χ0n) is 12.8. The van der Waals surface area contributed by atoms with Gasteiger partial charge in [-0.2, -0.15) is 0 Å². The molecule has 2 aromatic carbocycles. The van der Waals surface area contributed by atoms with Gasteiger partial charge in [0, 0.05) is 26.2 Å². The molecule has 0 spiro atoms. The zero-order valence-corrected chi connectivity index (χ0v) is 12.8. The number of aryl methyl sites for hydroxylation is 2. The summed E-state index contributed by atoms with van der Waals surface area (Å²) in [6.45, 7) is 0. The standard InChI is InChI=1S/C19H23NO/c1-20(2)18-8-4-7-17(13-18)19(21)12-14-9-10-15-5-3-6-16(15)11-14/h4,7-11,13,19,21H,3,5-6,12H2,1-2H3. The molecular weight excluding hydrogens is 258 g/mol. The van der Waals surface area contributed by atoms with Crippen LogP contribution in [-0.2, 0) is 19.3 Å². The average Bonchev–Trinajstić information content (AvgIpc) is 2.95. The lowest BCUT2D eigenvalue weighted by atomic mass is 9.98. The van der Waals surface area contributed by atoms with Gasteiger partial charge in [-0.3, -0.25) is 0 Å². The van der Waals surface area contributed by atoms with Crippen LogP contribution in [0.2, 0.25) is 0 Å². The van der Waals surface area contributed by atoms with E-state index in [-0.39, 0.29) is 0 Å². The molecule has 21 heavy (non-hydrogen) atoms. The highest BCUT2D eigenvalue weighted by atomic mass is 16.3. The number of aliphatic hydroxyl groups is 1. The Labute approximate surface area is 127 Å². The van der Waals surface area contributed by atoms with Crippen molar-refractivity contribution in [1.29, 1.82) is 0 Å². The molecule has 0 aromatic heterocycles. The second-order valence-electron chi connectivity index (χ2n) is 6.17. The summed E-state index contributed by atoms with van der Waals surface area (Å²) >= 11 is 0. The van der Waals surface area contributed by atoms with Crippen LogP contribution in [0.15, 0.2) is 42.5 Å². The number of hydrogen-bond acceptors (Lipinski definition) is 2. The number of rotatable bonds is 4. The second kappa shape index (κ2) is 5.90. The minimum atomic E-state index is -0.440. The molecule has 0 saturated heterocycles. The van der Waals surface area contributed by atoms with Gasteiger partial charge in [0.15, 0.2) is 0 Å². The fourth-order valence-corrected chi connectivity index (χ4v) is 3.10. The molecule has 0 aliphatic heterocycles. The van der Waals surface area contributed by atoms with E-state index in [2.05, 4.69) is 35.2 Å². The SMILES string of the molecule is CN(C)c1cccc(C(O)Cc2ccc3c(c2)CCC3)c1. The predicted molar refractivity (Wildman–Crippen MR) is 87.9 cm³/mol. The Bertz CT molecular complexity index is 633. The van der Waals surface area contributed by atoms with Crippen LogP contribution < -0.4 is 4.90 Å². The van der Waals surface area contributed by atoms with Gasteiger partial charge in [-0.05, 0) is 53.6 Å². The van der Waals surface area contributed by atoms with Gasteiger partial charge in [-0.15, -0.1) is 0 Å². The minimum Gasteiger partial charge on any atom is -0.388 e. The maximum atomic E-state index is 10.5. The summed E-state index contributed by atoms with van der Waals surface area (Å²) in [6, 6.07) is 14.8. The van der Waals surface area contributed by atoms with Crippen LogP contribution in [0.25, 0.3) is 0 Å². The lowest BCUT2D eigenvalue weighted by Crippen LogP contribution is -2.10. The van der Waals surface area contributed by atoms with Crippen molar-refractivity contribution in [3.63, 3.8) is 0 Å². The van der Waals surface area contributed by atoms with Crippen LogP contribution in [0, 0.1) is 0 Å². The summed E-state index contributed by atoms with van der Waals surface area (Å²) in [5, 5.41) is 10.5. The number of anilines is 1. The lowest BCUT2D eigenvalue weighted by Gasteiger charge is -2.17. The first-order valence-electron chi connectivity index (χ1n) is 7.69. The molecule has 2 aromatic rings. The van der Waals surface area contributed by atoms with Gasteiger partial charge >= 0.3 is 0 Å². The molecule has 0 radical (unpaired) electrons. The van der Waals surface area contributed by atoms with Crippen LogP contribution in [0.1, 0.15) is 34.8 Å². The number of benzene rings is 2. The van der Waals surface area contributed by atoms with Gasteiger partial charge < -0.3 is 10.0 Å². The molecule has 1 N–H and O–H groups in total. The topological polar surface area (TPSA) is 23.5 Å². The zero-order chi connectivity index (χ0) is 14.8. The maximum Gasteiger partial charge on any atom is 0.0831 e. The molecule has 110 valence electrons. The molecule has 0 heterocycles. The van der Waals surface area contributed by atoms with E-state index in [4.69, 9.17) is 0 Å². The van der Waals surface area contributed by atoms with Gasteiger partial charge in [0.1, 0.15) is 0 Å². The van der Waals surface area contributed by atoms with E-state index in [9.17, 15) is 5.11 Å². The Morgan fingerprint density at radius 1 is 1.05 bits per heavy atom. The van der Waals surface area contributed by atoms with E-state index in [0.717, 1.165) is 11.3 Å². The quantitative estimate of drug-likeness (QED) is 0.927. The number of aliphatic hydroxyl groups excluding tert-OH is 1. The number of nitrogens with zero attached hydrogens (tertiary/aromatic N) is 1. The summed E-state index contributed by atoms with van der Waals surface area (Å²) < 4.78 is 0. The Hall–Kier alpha value is -1.80. The monoisotopic (exact) mass is 281 g/mol. The van der Waals surface area contributed by atoms with Crippen molar-refractivity contribution in [3.05, 3.63) is 64.7 Å². The van der Waals surface area contributed by atoms with Crippen LogP contribution >= 0.6 is 0 Å². The van der Waals surface area contributed by atoms with E-state index in [1.165, 1.54) is 36.0 Å². The van der Waals surface area contributed by atoms with Crippen molar-refractivity contribution in [2.75, 3.05) is 19.0 Å². The fourth-order valence-electron chi connectivity index (χ4n) is 3.10. The van der Waals surface area contributed by atoms with E-state index in [1.807, 2.05) is 26.2 Å². The first kappa shape index (κ1) is 14.2. The first-order valence-corrected chi connectivity index (χ1v) is 7.69. The molecule has 1 aliphatic rings. The van der Waals surface area contributed by atoms with E-state index in [0.29, 0.717) is 6.42 Å². The number of hydrogen-bond donors (Lipinski definition) is 1. The lowest BCUT2D eigenvalue weighted by molar-refractivity contribution is 0.178. The van der Waals surface area contributed by atoms with Crippen LogP contribution in [0.4, 0.5) is 5.69 Å². The Morgan fingerprint density at radius 3 is 2.67 bits per heavy atom. The van der Waals surface area contributed by atoms with E-state index >= 15 is 0 Å². The molecule has 0 bridgehead atoms. The molecule has 2 heteroatoms. The summed E-state index contributed by atoms with van der Waals surface area (Å²) in [5.41, 5.74) is 6.31. The van der Waals surface area contributed by atoms with Gasteiger partial charge in [-0.1, -0.05) is 30.3 Å². The predicted octanol–water partition coefficient (Wildman–Crippen LogP) is 3.52. The second-order valence-corrected chi connectivity index (χ2v) is 6.17. The van der Waals surface area contributed by atoms with Crippen LogP contribution in [0.3, 0.4) is 0 Å². The Kier molecular flexibility index (Phi) is 3.98. The molecular formula is C19H23NO. The summed E-state index contributed by atoms with van der Waals surface area (Å²) in [4.78, 5) is 2.06. The van der Waals surface area contributed by atoms with E-state index in [1.54, 1.807) is 0 Å². The molecule has 1 unspecified atom stereocenters. The molecule has 1 atom stereocenters. The maximum absolute atomic E-state index is 10.5. The van der Waals surface area contributed by atoms with Gasteiger partial charge in [0.2, 0.25) is 0 Å². The number of fused-ring (bicyclic) bond motifs is 1. The fraction of sp³-hybridized carbons (Fsp3) is 0.368. The molecule has 1 aliphatic carbocycles. The van der Waals surface area contributed by atoms with Crippen molar-refractivity contribution >= 4 is 5.69 Å².